The van der Waals surface area contributed by atoms with Crippen molar-refractivity contribution in [3.63, 3.8) is 0 Å². The summed E-state index contributed by atoms with van der Waals surface area (Å²) in [5, 5.41) is 8.81. The molecule has 3 atom stereocenters. The van der Waals surface area contributed by atoms with Gasteiger partial charge in [0, 0.05) is 7.05 Å². The molecule has 4 aliphatic carbocycles. The van der Waals surface area contributed by atoms with Crippen molar-refractivity contribution in [2.24, 2.45) is 29.7 Å². The molecule has 1 N–H and O–H groups in total. The lowest BCUT2D eigenvalue weighted by molar-refractivity contribution is -0.119. The van der Waals surface area contributed by atoms with Gasteiger partial charge in [0.15, 0.2) is 0 Å². The van der Waals surface area contributed by atoms with Crippen LogP contribution in [-0.2, 0) is 7.05 Å². The normalized spacial score (nSPS) is 42.5. The van der Waals surface area contributed by atoms with Gasteiger partial charge in [-0.1, -0.05) is 18.5 Å². The van der Waals surface area contributed by atoms with Crippen LogP contribution in [0.3, 0.4) is 0 Å². The number of aryl methyl sites for hydroxylation is 1. The largest absolute Gasteiger partial charge is 0.311 e. The predicted octanol–water partition coefficient (Wildman–Crippen LogP) is 3.94. The molecule has 4 aliphatic rings. The van der Waals surface area contributed by atoms with Gasteiger partial charge in [0.05, 0.1) is 23.0 Å². The topological polar surface area (TPSA) is 29.9 Å². The van der Waals surface area contributed by atoms with Crippen LogP contribution in [0, 0.1) is 22.7 Å². The van der Waals surface area contributed by atoms with Gasteiger partial charge in [0.2, 0.25) is 0 Å². The van der Waals surface area contributed by atoms with Gasteiger partial charge in [-0.2, -0.15) is 5.10 Å². The smallest absolute Gasteiger partial charge is 0.0834 e. The average Bonchev–Trinajstić information content (AvgIpc) is 2.68. The lowest BCUT2D eigenvalue weighted by Gasteiger charge is -2.63. The molecule has 5 rings (SSSR count). The van der Waals surface area contributed by atoms with E-state index >= 15 is 0 Å². The van der Waals surface area contributed by atoms with Gasteiger partial charge in [0.25, 0.3) is 0 Å². The van der Waals surface area contributed by atoms with E-state index in [4.69, 9.17) is 11.6 Å². The molecule has 4 heteroatoms. The van der Waals surface area contributed by atoms with E-state index in [1.54, 1.807) is 6.20 Å². The van der Waals surface area contributed by atoms with Gasteiger partial charge in [-0.25, -0.2) is 0 Å². The second-order valence-corrected chi connectivity index (χ2v) is 8.76. The van der Waals surface area contributed by atoms with Gasteiger partial charge in [0.1, 0.15) is 0 Å². The van der Waals surface area contributed by atoms with Crippen molar-refractivity contribution in [2.45, 2.75) is 51.5 Å². The average molecular weight is 308 g/mol. The molecule has 3 unspecified atom stereocenters. The molecule has 3 nitrogen and oxygen atoms in total. The summed E-state index contributed by atoms with van der Waals surface area (Å²) in [6, 6.07) is 0.336. The van der Waals surface area contributed by atoms with Crippen LogP contribution in [0.15, 0.2) is 6.20 Å². The summed E-state index contributed by atoms with van der Waals surface area (Å²) < 4.78 is 1.98. The quantitative estimate of drug-likeness (QED) is 0.916. The molecular formula is C17H26ClN3. The van der Waals surface area contributed by atoms with E-state index in [1.807, 2.05) is 11.7 Å². The third-order valence-corrected chi connectivity index (χ3v) is 6.80. The number of nitrogens with zero attached hydrogens (tertiary/aromatic N) is 2. The minimum atomic E-state index is 0.336. The van der Waals surface area contributed by atoms with E-state index in [-0.39, 0.29) is 0 Å². The third kappa shape index (κ3) is 2.00. The number of rotatable bonds is 3. The highest BCUT2D eigenvalue weighted by Crippen LogP contribution is 2.68. The van der Waals surface area contributed by atoms with Crippen LogP contribution >= 0.6 is 11.6 Å². The van der Waals surface area contributed by atoms with Crippen LogP contribution < -0.4 is 5.32 Å². The molecule has 21 heavy (non-hydrogen) atoms. The van der Waals surface area contributed by atoms with Gasteiger partial charge < -0.3 is 5.32 Å². The zero-order valence-electron chi connectivity index (χ0n) is 13.3. The molecule has 0 radical (unpaired) electrons. The Kier molecular flexibility index (Phi) is 3.01. The maximum Gasteiger partial charge on any atom is 0.0834 e. The fraction of sp³-hybridized carbons (Fsp3) is 0.824. The van der Waals surface area contributed by atoms with Gasteiger partial charge >= 0.3 is 0 Å². The maximum atomic E-state index is 6.47. The fourth-order valence-electron chi connectivity index (χ4n) is 6.61. The molecule has 0 amide bonds. The van der Waals surface area contributed by atoms with Gasteiger partial charge in [-0.15, -0.1) is 0 Å². The molecule has 1 aromatic heterocycles. The Morgan fingerprint density at radius 1 is 1.33 bits per heavy atom. The lowest BCUT2D eigenvalue weighted by Crippen LogP contribution is -2.55. The van der Waals surface area contributed by atoms with Crippen molar-refractivity contribution in [1.29, 1.82) is 0 Å². The van der Waals surface area contributed by atoms with E-state index in [0.717, 1.165) is 16.9 Å². The van der Waals surface area contributed by atoms with Crippen molar-refractivity contribution in [3.8, 4) is 0 Å². The van der Waals surface area contributed by atoms with E-state index in [0.29, 0.717) is 16.9 Å². The van der Waals surface area contributed by atoms with Crippen molar-refractivity contribution in [1.82, 2.24) is 15.1 Å². The molecule has 0 spiro atoms. The molecule has 1 aromatic rings. The van der Waals surface area contributed by atoms with Crippen molar-refractivity contribution in [2.75, 3.05) is 7.05 Å². The zero-order chi connectivity index (χ0) is 14.8. The highest BCUT2D eigenvalue weighted by Gasteiger charge is 2.58. The number of hydrogen-bond donors (Lipinski definition) is 1. The Balaban J connectivity index is 1.77. The molecular weight excluding hydrogens is 282 g/mol. The van der Waals surface area contributed by atoms with Crippen LogP contribution in [0.1, 0.15) is 57.2 Å². The van der Waals surface area contributed by atoms with Crippen molar-refractivity contribution in [3.05, 3.63) is 16.9 Å². The minimum Gasteiger partial charge on any atom is -0.311 e. The van der Waals surface area contributed by atoms with Gasteiger partial charge in [-0.3, -0.25) is 4.68 Å². The highest BCUT2D eigenvalue weighted by atomic mass is 35.5. The number of nitrogens with one attached hydrogen (secondary N) is 1. The monoisotopic (exact) mass is 307 g/mol. The summed E-state index contributed by atoms with van der Waals surface area (Å²) in [5.74, 6) is 1.86. The van der Waals surface area contributed by atoms with E-state index in [1.165, 1.54) is 44.2 Å². The second-order valence-electron chi connectivity index (χ2n) is 8.36. The SMILES string of the molecule is CNC(c1c(Cl)cnn1C)C12CC3CC(CC(C)(C3)C1)C2. The van der Waals surface area contributed by atoms with Crippen molar-refractivity contribution >= 4 is 11.6 Å². The Labute approximate surface area is 132 Å². The number of halogens is 1. The lowest BCUT2D eigenvalue weighted by atomic mass is 9.43. The molecule has 4 saturated carbocycles. The Morgan fingerprint density at radius 2 is 2.00 bits per heavy atom. The maximum absolute atomic E-state index is 6.47. The molecule has 0 aliphatic heterocycles. The Morgan fingerprint density at radius 3 is 2.48 bits per heavy atom. The molecule has 4 bridgehead atoms. The van der Waals surface area contributed by atoms with E-state index in [9.17, 15) is 0 Å². The van der Waals surface area contributed by atoms with E-state index in [2.05, 4.69) is 24.4 Å². The molecule has 4 fully saturated rings. The highest BCUT2D eigenvalue weighted by molar-refractivity contribution is 6.31. The standard InChI is InChI=1S/C17H26ClN3/c1-16-5-11-4-12(6-16)8-17(7-11,10-16)15(19-2)14-13(18)9-20-21(14)3/h9,11-12,15,19H,4-8,10H2,1-3H3. The first kappa shape index (κ1) is 14.1. The molecule has 0 saturated heterocycles. The summed E-state index contributed by atoms with van der Waals surface area (Å²) >= 11 is 6.47. The number of hydrogen-bond acceptors (Lipinski definition) is 2. The summed E-state index contributed by atoms with van der Waals surface area (Å²) in [6.45, 7) is 2.52. The Bertz CT molecular complexity index is 531. The molecule has 1 heterocycles. The molecule has 0 aromatic carbocycles. The number of aromatic nitrogens is 2. The first-order valence-corrected chi connectivity index (χ1v) is 8.67. The predicted molar refractivity (Wildman–Crippen MR) is 85.2 cm³/mol. The summed E-state index contributed by atoms with van der Waals surface area (Å²) in [6.07, 6.45) is 10.2. The molecule has 116 valence electrons. The van der Waals surface area contributed by atoms with Crippen molar-refractivity contribution < 1.29 is 0 Å². The Hall–Kier alpha value is -0.540. The first-order chi connectivity index (χ1) is 9.95. The van der Waals surface area contributed by atoms with Crippen LogP contribution in [0.5, 0.6) is 0 Å². The second kappa shape index (κ2) is 4.48. The first-order valence-electron chi connectivity index (χ1n) is 8.29. The zero-order valence-corrected chi connectivity index (χ0v) is 14.1. The summed E-state index contributed by atoms with van der Waals surface area (Å²) in [5.41, 5.74) is 2.12. The van der Waals surface area contributed by atoms with Gasteiger partial charge in [-0.05, 0) is 68.2 Å². The summed E-state index contributed by atoms with van der Waals surface area (Å²) in [7, 11) is 4.11. The van der Waals surface area contributed by atoms with Crippen LogP contribution in [0.2, 0.25) is 5.02 Å². The van der Waals surface area contributed by atoms with Crippen LogP contribution in [0.4, 0.5) is 0 Å². The minimum absolute atomic E-state index is 0.336. The third-order valence-electron chi connectivity index (χ3n) is 6.51. The summed E-state index contributed by atoms with van der Waals surface area (Å²) in [4.78, 5) is 0. The van der Waals surface area contributed by atoms with Crippen LogP contribution in [0.25, 0.3) is 0 Å². The van der Waals surface area contributed by atoms with E-state index < -0.39 is 0 Å². The fourth-order valence-corrected chi connectivity index (χ4v) is 6.89. The van der Waals surface area contributed by atoms with Crippen LogP contribution in [-0.4, -0.2) is 16.8 Å².